The van der Waals surface area contributed by atoms with Crippen molar-refractivity contribution in [1.29, 1.82) is 0 Å². The van der Waals surface area contributed by atoms with Crippen LogP contribution in [0.4, 0.5) is 0 Å². The van der Waals surface area contributed by atoms with Gasteiger partial charge in [0, 0.05) is 0 Å². The maximum Gasteiger partial charge on any atom is 0.341 e. The van der Waals surface area contributed by atoms with Gasteiger partial charge < -0.3 is 19.3 Å². The number of methoxy groups -OCH3 is 2. The lowest BCUT2D eigenvalue weighted by molar-refractivity contribution is -0.135. The molecular formula is C21H26O5. The maximum absolute atomic E-state index is 11.7. The molecule has 5 nitrogen and oxygen atoms in total. The molecule has 0 heterocycles. The van der Waals surface area contributed by atoms with Crippen molar-refractivity contribution in [2.75, 3.05) is 20.8 Å². The standard InChI is InChI=1S/C21H26O5/c1-15(2)11-12-26-20-10-9-17(13-19(20)22)8-6-7-16(3)18(14-24-4)21(23)25-5/h6-11,13-14,22H,12H2,1-5H3/b8-6+,16-7+,18-14+. The highest BCUT2D eigenvalue weighted by Crippen LogP contribution is 2.27. The van der Waals surface area contributed by atoms with Crippen molar-refractivity contribution in [2.24, 2.45) is 0 Å². The second-order valence-electron chi connectivity index (χ2n) is 5.79. The number of esters is 1. The molecule has 26 heavy (non-hydrogen) atoms. The van der Waals surface area contributed by atoms with Gasteiger partial charge in [-0.05, 0) is 50.1 Å². The normalized spacial score (nSPS) is 12.0. The molecule has 140 valence electrons. The molecule has 0 aliphatic carbocycles. The third kappa shape index (κ3) is 6.89. The monoisotopic (exact) mass is 358 g/mol. The Hall–Kier alpha value is -2.95. The van der Waals surface area contributed by atoms with Gasteiger partial charge in [-0.2, -0.15) is 0 Å². The largest absolute Gasteiger partial charge is 0.504 e. The Morgan fingerprint density at radius 1 is 1.19 bits per heavy atom. The van der Waals surface area contributed by atoms with Crippen molar-refractivity contribution in [3.63, 3.8) is 0 Å². The third-order valence-corrected chi connectivity index (χ3v) is 3.41. The zero-order valence-corrected chi connectivity index (χ0v) is 15.9. The molecule has 0 atom stereocenters. The van der Waals surface area contributed by atoms with Crippen LogP contribution in [-0.4, -0.2) is 31.9 Å². The predicted octanol–water partition coefficient (Wildman–Crippen LogP) is 4.40. The molecular weight excluding hydrogens is 332 g/mol. The Balaban J connectivity index is 2.85. The minimum absolute atomic E-state index is 0.0736. The van der Waals surface area contributed by atoms with Gasteiger partial charge in [-0.1, -0.05) is 29.9 Å². The highest BCUT2D eigenvalue weighted by Gasteiger charge is 2.11. The number of rotatable bonds is 8. The first-order chi connectivity index (χ1) is 12.4. The van der Waals surface area contributed by atoms with Crippen molar-refractivity contribution in [3.05, 3.63) is 65.0 Å². The van der Waals surface area contributed by atoms with Crippen LogP contribution in [0.3, 0.4) is 0 Å². The molecule has 0 unspecified atom stereocenters. The lowest BCUT2D eigenvalue weighted by Crippen LogP contribution is -2.06. The van der Waals surface area contributed by atoms with Gasteiger partial charge in [0.2, 0.25) is 0 Å². The average Bonchev–Trinajstić information content (AvgIpc) is 2.60. The van der Waals surface area contributed by atoms with Gasteiger partial charge in [-0.15, -0.1) is 0 Å². The number of allylic oxidation sites excluding steroid dienone is 3. The van der Waals surface area contributed by atoms with Crippen LogP contribution in [-0.2, 0) is 14.3 Å². The van der Waals surface area contributed by atoms with E-state index in [0.717, 1.165) is 11.1 Å². The van der Waals surface area contributed by atoms with Crippen LogP contribution in [0.1, 0.15) is 26.3 Å². The van der Waals surface area contributed by atoms with Gasteiger partial charge in [-0.25, -0.2) is 4.79 Å². The molecule has 0 aliphatic rings. The highest BCUT2D eigenvalue weighted by molar-refractivity contribution is 5.93. The molecule has 1 aromatic carbocycles. The van der Waals surface area contributed by atoms with Gasteiger partial charge in [0.25, 0.3) is 0 Å². The Labute approximate surface area is 154 Å². The second kappa shape index (κ2) is 10.8. The molecule has 0 saturated carbocycles. The Morgan fingerprint density at radius 3 is 2.50 bits per heavy atom. The van der Waals surface area contributed by atoms with Gasteiger partial charge in [-0.3, -0.25) is 0 Å². The molecule has 0 fully saturated rings. The Kier molecular flexibility index (Phi) is 8.78. The van der Waals surface area contributed by atoms with Crippen LogP contribution in [0.5, 0.6) is 11.5 Å². The number of carbonyl (C=O) groups excluding carboxylic acids is 1. The van der Waals surface area contributed by atoms with Gasteiger partial charge in [0.05, 0.1) is 26.1 Å². The molecule has 5 heteroatoms. The summed E-state index contributed by atoms with van der Waals surface area (Å²) in [5, 5.41) is 10.0. The summed E-state index contributed by atoms with van der Waals surface area (Å²) >= 11 is 0. The van der Waals surface area contributed by atoms with Gasteiger partial charge in [0.1, 0.15) is 6.61 Å². The summed E-state index contributed by atoms with van der Waals surface area (Å²) in [4.78, 5) is 11.7. The fourth-order valence-electron chi connectivity index (χ4n) is 1.98. The molecule has 0 aromatic heterocycles. The quantitative estimate of drug-likeness (QED) is 0.245. The minimum atomic E-state index is -0.468. The molecule has 0 aliphatic heterocycles. The number of benzene rings is 1. The number of phenols is 1. The molecule has 0 saturated heterocycles. The van der Waals surface area contributed by atoms with E-state index in [4.69, 9.17) is 14.2 Å². The lowest BCUT2D eigenvalue weighted by Gasteiger charge is -2.07. The van der Waals surface area contributed by atoms with E-state index in [0.29, 0.717) is 23.5 Å². The van der Waals surface area contributed by atoms with Crippen molar-refractivity contribution in [3.8, 4) is 11.5 Å². The Bertz CT molecular complexity index is 735. The zero-order valence-electron chi connectivity index (χ0n) is 15.9. The van der Waals surface area contributed by atoms with E-state index in [1.165, 1.54) is 20.5 Å². The van der Waals surface area contributed by atoms with E-state index in [2.05, 4.69) is 0 Å². The first kappa shape index (κ1) is 21.1. The summed E-state index contributed by atoms with van der Waals surface area (Å²) in [6.07, 6.45) is 8.63. The molecule has 0 radical (unpaired) electrons. The second-order valence-corrected chi connectivity index (χ2v) is 5.79. The highest BCUT2D eigenvalue weighted by atomic mass is 16.5. The molecule has 0 bridgehead atoms. The number of hydrogen-bond donors (Lipinski definition) is 1. The summed E-state index contributed by atoms with van der Waals surface area (Å²) in [5.74, 6) is 0.0384. The van der Waals surface area contributed by atoms with E-state index < -0.39 is 5.97 Å². The van der Waals surface area contributed by atoms with Crippen molar-refractivity contribution in [1.82, 2.24) is 0 Å². The molecule has 0 amide bonds. The fraction of sp³-hybridized carbons (Fsp3) is 0.286. The molecule has 0 spiro atoms. The summed E-state index contributed by atoms with van der Waals surface area (Å²) in [6.45, 7) is 6.17. The zero-order chi connectivity index (χ0) is 19.5. The van der Waals surface area contributed by atoms with Crippen molar-refractivity contribution >= 4 is 12.0 Å². The smallest absolute Gasteiger partial charge is 0.341 e. The SMILES string of the molecule is CO\C=C(C(=O)OC)/C(C)=C/C=C/c1ccc(OCC=C(C)C)c(O)c1. The van der Waals surface area contributed by atoms with Crippen LogP contribution < -0.4 is 4.74 Å². The fourth-order valence-corrected chi connectivity index (χ4v) is 1.98. The maximum atomic E-state index is 11.7. The molecule has 1 aromatic rings. The lowest BCUT2D eigenvalue weighted by atomic mass is 10.1. The average molecular weight is 358 g/mol. The summed E-state index contributed by atoms with van der Waals surface area (Å²) in [5.41, 5.74) is 2.99. The molecule has 1 rings (SSSR count). The topological polar surface area (TPSA) is 65.0 Å². The van der Waals surface area contributed by atoms with Gasteiger partial charge in [0.15, 0.2) is 11.5 Å². The summed E-state index contributed by atoms with van der Waals surface area (Å²) < 4.78 is 15.1. The third-order valence-electron chi connectivity index (χ3n) is 3.41. The number of hydrogen-bond acceptors (Lipinski definition) is 5. The minimum Gasteiger partial charge on any atom is -0.504 e. The van der Waals surface area contributed by atoms with Gasteiger partial charge >= 0.3 is 5.97 Å². The molecule has 1 N–H and O–H groups in total. The van der Waals surface area contributed by atoms with E-state index in [-0.39, 0.29) is 5.75 Å². The van der Waals surface area contributed by atoms with Crippen LogP contribution in [0.25, 0.3) is 6.08 Å². The number of aromatic hydroxyl groups is 1. The van der Waals surface area contributed by atoms with Crippen molar-refractivity contribution in [2.45, 2.75) is 20.8 Å². The van der Waals surface area contributed by atoms with E-state index in [9.17, 15) is 9.90 Å². The summed E-state index contributed by atoms with van der Waals surface area (Å²) in [7, 11) is 2.79. The van der Waals surface area contributed by atoms with E-state index in [1.807, 2.05) is 32.1 Å². The first-order valence-electron chi connectivity index (χ1n) is 8.14. The van der Waals surface area contributed by atoms with Crippen LogP contribution in [0, 0.1) is 0 Å². The van der Waals surface area contributed by atoms with Crippen LogP contribution >= 0.6 is 0 Å². The van der Waals surface area contributed by atoms with E-state index in [1.54, 1.807) is 31.2 Å². The first-order valence-corrected chi connectivity index (χ1v) is 8.14. The number of phenolic OH excluding ortho intramolecular Hbond substituents is 1. The predicted molar refractivity (Wildman–Crippen MR) is 103 cm³/mol. The van der Waals surface area contributed by atoms with E-state index >= 15 is 0 Å². The van der Waals surface area contributed by atoms with Crippen molar-refractivity contribution < 1.29 is 24.1 Å². The number of carbonyl (C=O) groups is 1. The van der Waals surface area contributed by atoms with Crippen LogP contribution in [0.2, 0.25) is 0 Å². The summed E-state index contributed by atoms with van der Waals surface area (Å²) in [6, 6.07) is 5.17. The number of ether oxygens (including phenoxy) is 3. The van der Waals surface area contributed by atoms with Crippen LogP contribution in [0.15, 0.2) is 59.4 Å². The Morgan fingerprint density at radius 2 is 1.92 bits per heavy atom.